The SMILES string of the molecule is Cc1cc(C2NC(Cc3c[nH]c4ccccc34)(C(=O)O)C3C(=O)N(Cc4ccccn4)C(=O)C23)c(C)n1-c1cccc(C(F)(F)F)c1. The Labute approximate surface area is 267 Å². The molecule has 2 aliphatic rings. The number of nitrogens with one attached hydrogen (secondary N) is 2. The molecule has 2 amide bonds. The fraction of sp³-hybridized carbons (Fsp3) is 0.257. The normalized spacial score (nSPS) is 22.7. The smallest absolute Gasteiger partial charge is 0.416 e. The van der Waals surface area contributed by atoms with Crippen LogP contribution in [0.25, 0.3) is 16.6 Å². The lowest BCUT2D eigenvalue weighted by Crippen LogP contribution is -2.57. The number of hydrogen-bond donors (Lipinski definition) is 3. The second kappa shape index (κ2) is 10.9. The van der Waals surface area contributed by atoms with Gasteiger partial charge in [0.05, 0.1) is 29.6 Å². The Morgan fingerprint density at radius 2 is 1.77 bits per heavy atom. The van der Waals surface area contributed by atoms with Crippen molar-refractivity contribution in [2.45, 2.75) is 44.6 Å². The van der Waals surface area contributed by atoms with Crippen molar-refractivity contribution >= 4 is 28.7 Å². The quantitative estimate of drug-likeness (QED) is 0.202. The summed E-state index contributed by atoms with van der Waals surface area (Å²) in [5.74, 6) is -4.80. The molecule has 0 aliphatic carbocycles. The van der Waals surface area contributed by atoms with Crippen molar-refractivity contribution in [2.24, 2.45) is 11.8 Å². The van der Waals surface area contributed by atoms with Crippen LogP contribution in [0.15, 0.2) is 85.2 Å². The van der Waals surface area contributed by atoms with E-state index >= 15 is 0 Å². The third-order valence-electron chi connectivity index (χ3n) is 9.55. The zero-order chi connectivity index (χ0) is 33.2. The van der Waals surface area contributed by atoms with Crippen LogP contribution in [0.3, 0.4) is 0 Å². The van der Waals surface area contributed by atoms with Crippen molar-refractivity contribution < 1.29 is 32.7 Å². The number of H-pyrrole nitrogens is 1. The zero-order valence-corrected chi connectivity index (χ0v) is 25.4. The molecule has 0 radical (unpaired) electrons. The molecule has 5 heterocycles. The molecule has 2 fully saturated rings. The highest BCUT2D eigenvalue weighted by molar-refractivity contribution is 6.09. The van der Waals surface area contributed by atoms with Crippen LogP contribution in [-0.2, 0) is 33.5 Å². The number of carboxylic acids is 1. The molecule has 9 nitrogen and oxygen atoms in total. The Hall–Kier alpha value is -5.23. The highest BCUT2D eigenvalue weighted by Gasteiger charge is 2.68. The number of benzene rings is 2. The number of pyridine rings is 1. The van der Waals surface area contributed by atoms with Gasteiger partial charge in [0.2, 0.25) is 11.8 Å². The zero-order valence-electron chi connectivity index (χ0n) is 25.4. The van der Waals surface area contributed by atoms with Crippen LogP contribution in [0.1, 0.15) is 39.8 Å². The van der Waals surface area contributed by atoms with E-state index in [1.165, 1.54) is 6.07 Å². The second-order valence-electron chi connectivity index (χ2n) is 12.2. The minimum Gasteiger partial charge on any atom is -0.480 e. The summed E-state index contributed by atoms with van der Waals surface area (Å²) in [4.78, 5) is 50.5. The summed E-state index contributed by atoms with van der Waals surface area (Å²) in [6.45, 7) is 3.32. The molecule has 2 saturated heterocycles. The van der Waals surface area contributed by atoms with Crippen molar-refractivity contribution in [1.82, 2.24) is 24.8 Å². The van der Waals surface area contributed by atoms with Gasteiger partial charge in [0, 0.05) is 52.8 Å². The Morgan fingerprint density at radius 1 is 1.00 bits per heavy atom. The number of para-hydroxylation sites is 1. The largest absolute Gasteiger partial charge is 0.480 e. The predicted octanol–water partition coefficient (Wildman–Crippen LogP) is 5.50. The highest BCUT2D eigenvalue weighted by atomic mass is 19.4. The van der Waals surface area contributed by atoms with Crippen LogP contribution < -0.4 is 5.32 Å². The molecule has 0 spiro atoms. The summed E-state index contributed by atoms with van der Waals surface area (Å²) in [5, 5.41) is 15.0. The summed E-state index contributed by atoms with van der Waals surface area (Å²) >= 11 is 0. The Morgan fingerprint density at radius 3 is 2.49 bits per heavy atom. The number of hydrogen-bond acceptors (Lipinski definition) is 5. The standard InChI is InChI=1S/C35H30F3N5O4/c1-19-14-26(20(2)43(19)24-10-7-8-22(15-24)35(36,37)38)30-28-29(32(45)42(31(28)44)18-23-9-5-6-13-39-23)34(41-30,33(46)47)16-21-17-40-27-12-4-3-11-25(21)27/h3-15,17,28-30,40-41H,16,18H2,1-2H3,(H,46,47). The first-order valence-corrected chi connectivity index (χ1v) is 15.1. The number of aryl methyl sites for hydroxylation is 1. The van der Waals surface area contributed by atoms with E-state index in [0.29, 0.717) is 28.2 Å². The van der Waals surface area contributed by atoms with E-state index in [-0.39, 0.29) is 18.7 Å². The summed E-state index contributed by atoms with van der Waals surface area (Å²) in [6.07, 6.45) is -1.39. The van der Waals surface area contributed by atoms with Gasteiger partial charge in [-0.25, -0.2) is 0 Å². The van der Waals surface area contributed by atoms with Gasteiger partial charge >= 0.3 is 12.1 Å². The third kappa shape index (κ3) is 4.82. The van der Waals surface area contributed by atoms with Crippen LogP contribution in [0, 0.1) is 25.7 Å². The van der Waals surface area contributed by atoms with Crippen LogP contribution >= 0.6 is 0 Å². The molecule has 2 aliphatic heterocycles. The Kier molecular flexibility index (Phi) is 7.08. The molecular weight excluding hydrogens is 611 g/mol. The molecule has 5 aromatic rings. The molecule has 7 rings (SSSR count). The first-order chi connectivity index (χ1) is 22.4. The number of aromatic nitrogens is 3. The van der Waals surface area contributed by atoms with E-state index in [9.17, 15) is 32.7 Å². The fourth-order valence-corrected chi connectivity index (χ4v) is 7.47. The molecule has 12 heteroatoms. The van der Waals surface area contributed by atoms with Gasteiger partial charge in [0.1, 0.15) is 5.54 Å². The second-order valence-corrected chi connectivity index (χ2v) is 12.2. The molecule has 0 bridgehead atoms. The number of carboxylic acid groups (broad SMARTS) is 1. The predicted molar refractivity (Wildman–Crippen MR) is 165 cm³/mol. The van der Waals surface area contributed by atoms with E-state index in [1.807, 2.05) is 24.3 Å². The van der Waals surface area contributed by atoms with Gasteiger partial charge in [-0.15, -0.1) is 0 Å². The number of carbonyl (C=O) groups is 3. The molecule has 0 saturated carbocycles. The minimum atomic E-state index is -4.55. The van der Waals surface area contributed by atoms with Gasteiger partial charge in [-0.3, -0.25) is 29.6 Å². The topological polar surface area (TPSA) is 120 Å². The monoisotopic (exact) mass is 641 g/mol. The molecule has 2 aromatic carbocycles. The van der Waals surface area contributed by atoms with E-state index < -0.39 is 52.9 Å². The van der Waals surface area contributed by atoms with Gasteiger partial charge in [0.15, 0.2) is 0 Å². The molecule has 3 N–H and O–H groups in total. The number of rotatable bonds is 7. The average Bonchev–Trinajstić information content (AvgIpc) is 3.76. The van der Waals surface area contributed by atoms with Crippen molar-refractivity contribution in [3.8, 4) is 5.69 Å². The Balaban J connectivity index is 1.36. The summed E-state index contributed by atoms with van der Waals surface area (Å²) in [6, 6.07) is 18.3. The molecule has 47 heavy (non-hydrogen) atoms. The highest BCUT2D eigenvalue weighted by Crippen LogP contribution is 2.51. The van der Waals surface area contributed by atoms with Crippen molar-refractivity contribution in [1.29, 1.82) is 0 Å². The van der Waals surface area contributed by atoms with E-state index in [2.05, 4.69) is 15.3 Å². The number of aliphatic carboxylic acids is 1. The summed E-state index contributed by atoms with van der Waals surface area (Å²) in [5.41, 5.74) is 1.13. The number of alkyl halides is 3. The van der Waals surface area contributed by atoms with E-state index in [4.69, 9.17) is 0 Å². The lowest BCUT2D eigenvalue weighted by atomic mass is 9.76. The van der Waals surface area contributed by atoms with Crippen LogP contribution in [0.5, 0.6) is 0 Å². The number of aromatic amines is 1. The summed E-state index contributed by atoms with van der Waals surface area (Å²) in [7, 11) is 0. The minimum absolute atomic E-state index is 0.104. The Bertz CT molecular complexity index is 2050. The van der Waals surface area contributed by atoms with Gasteiger partial charge < -0.3 is 14.7 Å². The van der Waals surface area contributed by atoms with Crippen LogP contribution in [-0.4, -0.2) is 47.9 Å². The lowest BCUT2D eigenvalue weighted by Gasteiger charge is -2.31. The number of likely N-dealkylation sites (tertiary alicyclic amines) is 1. The van der Waals surface area contributed by atoms with Gasteiger partial charge in [-0.2, -0.15) is 13.2 Å². The number of fused-ring (bicyclic) bond motifs is 2. The number of nitrogens with zero attached hydrogens (tertiary/aromatic N) is 3. The van der Waals surface area contributed by atoms with Crippen molar-refractivity contribution in [3.05, 3.63) is 119 Å². The van der Waals surface area contributed by atoms with Gasteiger partial charge in [0.25, 0.3) is 0 Å². The van der Waals surface area contributed by atoms with E-state index in [1.54, 1.807) is 61.1 Å². The summed E-state index contributed by atoms with van der Waals surface area (Å²) < 4.78 is 42.5. The molecule has 4 unspecified atom stereocenters. The first-order valence-electron chi connectivity index (χ1n) is 15.1. The maximum absolute atomic E-state index is 14.3. The number of carbonyl (C=O) groups excluding carboxylic acids is 2. The van der Waals surface area contributed by atoms with Crippen LogP contribution in [0.4, 0.5) is 13.2 Å². The number of amides is 2. The van der Waals surface area contributed by atoms with Crippen LogP contribution in [0.2, 0.25) is 0 Å². The third-order valence-corrected chi connectivity index (χ3v) is 9.55. The number of halogens is 3. The number of imide groups is 1. The fourth-order valence-electron chi connectivity index (χ4n) is 7.47. The van der Waals surface area contributed by atoms with Gasteiger partial charge in [-0.1, -0.05) is 30.3 Å². The first kappa shape index (κ1) is 30.4. The molecule has 4 atom stereocenters. The van der Waals surface area contributed by atoms with Crippen molar-refractivity contribution in [2.75, 3.05) is 0 Å². The molecule has 3 aromatic heterocycles. The molecule has 240 valence electrons. The van der Waals surface area contributed by atoms with E-state index in [0.717, 1.165) is 27.9 Å². The lowest BCUT2D eigenvalue weighted by molar-refractivity contribution is -0.151. The van der Waals surface area contributed by atoms with Gasteiger partial charge in [-0.05, 0) is 67.4 Å². The maximum Gasteiger partial charge on any atom is 0.416 e. The van der Waals surface area contributed by atoms with Crippen molar-refractivity contribution in [3.63, 3.8) is 0 Å². The average molecular weight is 642 g/mol. The molecular formula is C35H30F3N5O4. The maximum atomic E-state index is 14.3.